The minimum absolute atomic E-state index is 0.0688. The fourth-order valence-electron chi connectivity index (χ4n) is 4.28. The molecule has 0 atom stereocenters. The number of carbonyl (C=O) groups excluding carboxylic acids is 1. The highest BCUT2D eigenvalue weighted by Crippen LogP contribution is 2.37. The van der Waals surface area contributed by atoms with Crippen molar-refractivity contribution < 1.29 is 18.5 Å². The lowest BCUT2D eigenvalue weighted by Crippen LogP contribution is -2.41. The second-order valence-corrected chi connectivity index (χ2v) is 9.54. The zero-order chi connectivity index (χ0) is 22.4. The van der Waals surface area contributed by atoms with Gasteiger partial charge >= 0.3 is 7.12 Å². The molecule has 4 rings (SSSR count). The Morgan fingerprint density at radius 2 is 1.61 bits per heavy atom. The summed E-state index contributed by atoms with van der Waals surface area (Å²) >= 11 is 0. The summed E-state index contributed by atoms with van der Waals surface area (Å²) in [4.78, 5) is 13.4. The SMILES string of the molecule is CC1(C)OB(c2ccc(C3CCN(c4ccc(C(N)=O)c(F)c4)CC3)cc2)OC1(C)C. The molecule has 164 valence electrons. The Kier molecular flexibility index (Phi) is 5.60. The Labute approximate surface area is 183 Å². The van der Waals surface area contributed by atoms with Gasteiger partial charge in [0.25, 0.3) is 5.91 Å². The van der Waals surface area contributed by atoms with Crippen molar-refractivity contribution in [3.05, 3.63) is 59.4 Å². The van der Waals surface area contributed by atoms with E-state index in [1.807, 2.05) is 0 Å². The van der Waals surface area contributed by atoms with Gasteiger partial charge in [0.1, 0.15) is 5.82 Å². The van der Waals surface area contributed by atoms with Crippen LogP contribution in [0.1, 0.15) is 62.4 Å². The predicted octanol–water partition coefficient (Wildman–Crippen LogP) is 3.61. The topological polar surface area (TPSA) is 64.8 Å². The Morgan fingerprint density at radius 3 is 2.13 bits per heavy atom. The van der Waals surface area contributed by atoms with E-state index in [1.165, 1.54) is 17.7 Å². The fraction of sp³-hybridized carbons (Fsp3) is 0.458. The smallest absolute Gasteiger partial charge is 0.399 e. The van der Waals surface area contributed by atoms with Gasteiger partial charge in [-0.05, 0) is 75.7 Å². The van der Waals surface area contributed by atoms with Crippen LogP contribution < -0.4 is 16.1 Å². The molecule has 0 saturated carbocycles. The van der Waals surface area contributed by atoms with E-state index < -0.39 is 11.7 Å². The first kappa shape index (κ1) is 21.8. The monoisotopic (exact) mass is 424 g/mol. The molecule has 5 nitrogen and oxygen atoms in total. The molecule has 0 unspecified atom stereocenters. The molecular weight excluding hydrogens is 394 g/mol. The number of rotatable bonds is 4. The number of hydrogen-bond acceptors (Lipinski definition) is 4. The maximum Gasteiger partial charge on any atom is 0.494 e. The lowest BCUT2D eigenvalue weighted by atomic mass is 9.77. The number of amides is 1. The van der Waals surface area contributed by atoms with Crippen molar-refractivity contribution in [3.8, 4) is 0 Å². The molecule has 2 N–H and O–H groups in total. The molecule has 0 aromatic heterocycles. The van der Waals surface area contributed by atoms with Gasteiger partial charge in [-0.2, -0.15) is 0 Å². The molecule has 2 saturated heterocycles. The molecule has 2 heterocycles. The highest BCUT2D eigenvalue weighted by molar-refractivity contribution is 6.62. The Bertz CT molecular complexity index is 953. The second kappa shape index (κ2) is 7.95. The molecule has 0 radical (unpaired) electrons. The molecule has 2 aromatic rings. The fourth-order valence-corrected chi connectivity index (χ4v) is 4.28. The Morgan fingerprint density at radius 1 is 1.03 bits per heavy atom. The van der Waals surface area contributed by atoms with Crippen LogP contribution in [0.4, 0.5) is 10.1 Å². The normalized spacial score (nSPS) is 20.8. The first-order valence-electron chi connectivity index (χ1n) is 10.9. The van der Waals surface area contributed by atoms with Crippen LogP contribution in [0, 0.1) is 5.82 Å². The summed E-state index contributed by atoms with van der Waals surface area (Å²) in [7, 11) is -0.348. The van der Waals surface area contributed by atoms with Crippen molar-refractivity contribution >= 4 is 24.2 Å². The summed E-state index contributed by atoms with van der Waals surface area (Å²) in [5, 5.41) is 0. The summed E-state index contributed by atoms with van der Waals surface area (Å²) in [5.74, 6) is -0.851. The van der Waals surface area contributed by atoms with Crippen LogP contribution in [0.15, 0.2) is 42.5 Å². The maximum absolute atomic E-state index is 14.1. The van der Waals surface area contributed by atoms with Gasteiger partial charge in [-0.15, -0.1) is 0 Å². The molecule has 1 amide bonds. The average Bonchev–Trinajstić information content (AvgIpc) is 2.95. The summed E-state index contributed by atoms with van der Waals surface area (Å²) in [6.07, 6.45) is 1.96. The number of carbonyl (C=O) groups is 1. The third-order valence-electron chi connectivity index (χ3n) is 7.01. The Balaban J connectivity index is 1.38. The van der Waals surface area contributed by atoms with E-state index in [9.17, 15) is 9.18 Å². The zero-order valence-electron chi connectivity index (χ0n) is 18.7. The molecular formula is C24H30BFN2O3. The first-order valence-corrected chi connectivity index (χ1v) is 10.9. The van der Waals surface area contributed by atoms with E-state index in [1.54, 1.807) is 6.07 Å². The van der Waals surface area contributed by atoms with Gasteiger partial charge < -0.3 is 19.9 Å². The molecule has 2 fully saturated rings. The molecule has 31 heavy (non-hydrogen) atoms. The molecule has 0 bridgehead atoms. The van der Waals surface area contributed by atoms with Crippen LogP contribution in [0.5, 0.6) is 0 Å². The molecule has 2 aromatic carbocycles. The Hall–Kier alpha value is -2.38. The van der Waals surface area contributed by atoms with Crippen molar-refractivity contribution in [3.63, 3.8) is 0 Å². The third-order valence-corrected chi connectivity index (χ3v) is 7.01. The molecule has 2 aliphatic heterocycles. The number of nitrogens with two attached hydrogens (primary N) is 1. The van der Waals surface area contributed by atoms with E-state index in [0.717, 1.165) is 37.1 Å². The summed E-state index contributed by atoms with van der Waals surface area (Å²) in [6, 6.07) is 13.2. The van der Waals surface area contributed by atoms with E-state index in [-0.39, 0.29) is 23.9 Å². The number of halogens is 1. The number of anilines is 1. The van der Waals surface area contributed by atoms with Gasteiger partial charge in [0.2, 0.25) is 0 Å². The van der Waals surface area contributed by atoms with E-state index in [2.05, 4.69) is 56.9 Å². The van der Waals surface area contributed by atoms with E-state index in [0.29, 0.717) is 5.92 Å². The predicted molar refractivity (Wildman–Crippen MR) is 121 cm³/mol. The van der Waals surface area contributed by atoms with Crippen molar-refractivity contribution in [2.75, 3.05) is 18.0 Å². The van der Waals surface area contributed by atoms with Crippen molar-refractivity contribution in [1.29, 1.82) is 0 Å². The number of primary amides is 1. The van der Waals surface area contributed by atoms with E-state index in [4.69, 9.17) is 15.0 Å². The molecule has 0 aliphatic carbocycles. The minimum atomic E-state index is -0.744. The highest BCUT2D eigenvalue weighted by Gasteiger charge is 2.51. The van der Waals surface area contributed by atoms with Gasteiger partial charge in [0.05, 0.1) is 16.8 Å². The maximum atomic E-state index is 14.1. The van der Waals surface area contributed by atoms with Crippen molar-refractivity contribution in [2.45, 2.75) is 57.7 Å². The van der Waals surface area contributed by atoms with Gasteiger partial charge in [-0.1, -0.05) is 24.3 Å². The van der Waals surface area contributed by atoms with Gasteiger partial charge in [-0.3, -0.25) is 4.79 Å². The van der Waals surface area contributed by atoms with Gasteiger partial charge in [0, 0.05) is 18.8 Å². The van der Waals surface area contributed by atoms with Crippen molar-refractivity contribution in [1.82, 2.24) is 0 Å². The van der Waals surface area contributed by atoms with Crippen LogP contribution in [0.25, 0.3) is 0 Å². The lowest BCUT2D eigenvalue weighted by Gasteiger charge is -2.34. The lowest BCUT2D eigenvalue weighted by molar-refractivity contribution is 0.00578. The summed E-state index contributed by atoms with van der Waals surface area (Å²) in [6.45, 7) is 9.90. The van der Waals surface area contributed by atoms with Crippen LogP contribution in [0.2, 0.25) is 0 Å². The third kappa shape index (κ3) is 4.21. The quantitative estimate of drug-likeness (QED) is 0.762. The van der Waals surface area contributed by atoms with Crippen LogP contribution in [0.3, 0.4) is 0 Å². The number of hydrogen-bond donors (Lipinski definition) is 1. The summed E-state index contributed by atoms with van der Waals surface area (Å²) < 4.78 is 26.4. The zero-order valence-corrected chi connectivity index (χ0v) is 18.7. The molecule has 2 aliphatic rings. The second-order valence-electron chi connectivity index (χ2n) is 9.54. The van der Waals surface area contributed by atoms with Gasteiger partial charge in [0.15, 0.2) is 0 Å². The molecule has 7 heteroatoms. The largest absolute Gasteiger partial charge is 0.494 e. The van der Waals surface area contributed by atoms with Crippen LogP contribution >= 0.6 is 0 Å². The number of piperidine rings is 1. The van der Waals surface area contributed by atoms with Crippen LogP contribution in [-0.4, -0.2) is 37.3 Å². The average molecular weight is 424 g/mol. The van der Waals surface area contributed by atoms with E-state index >= 15 is 0 Å². The molecule has 0 spiro atoms. The number of nitrogens with zero attached hydrogens (tertiary/aromatic N) is 1. The van der Waals surface area contributed by atoms with Gasteiger partial charge in [-0.25, -0.2) is 4.39 Å². The minimum Gasteiger partial charge on any atom is -0.399 e. The summed E-state index contributed by atoms with van der Waals surface area (Å²) in [5.41, 5.74) is 7.55. The highest BCUT2D eigenvalue weighted by atomic mass is 19.1. The number of benzene rings is 2. The first-order chi connectivity index (χ1) is 14.6. The van der Waals surface area contributed by atoms with Crippen molar-refractivity contribution in [2.24, 2.45) is 5.73 Å². The standard InChI is InChI=1S/C24H30BFN2O3/c1-23(2)24(3,4)31-25(30-23)18-7-5-16(6-8-18)17-11-13-28(14-12-17)19-9-10-20(22(27)29)21(26)15-19/h5-10,15,17H,11-14H2,1-4H3,(H2,27,29). The van der Waals surface area contributed by atoms with Crippen LogP contribution in [-0.2, 0) is 9.31 Å².